The third-order valence-electron chi connectivity index (χ3n) is 3.50. The minimum absolute atomic E-state index is 0.377. The first-order valence-corrected chi connectivity index (χ1v) is 10.4. The Bertz CT molecular complexity index is 720. The summed E-state index contributed by atoms with van der Waals surface area (Å²) in [6.07, 6.45) is -0.668. The predicted octanol–water partition coefficient (Wildman–Crippen LogP) is 3.35. The Morgan fingerprint density at radius 3 is 1.11 bits per heavy atom. The van der Waals surface area contributed by atoms with Gasteiger partial charge in [0.2, 0.25) is 0 Å². The van der Waals surface area contributed by atoms with Gasteiger partial charge in [0.05, 0.1) is 0 Å². The number of benzene rings is 3. The summed E-state index contributed by atoms with van der Waals surface area (Å²) in [5, 5.41) is 0. The number of hydrogen-bond acceptors (Lipinski definition) is 6. The van der Waals surface area contributed by atoms with Crippen LogP contribution < -0.4 is 14.2 Å². The van der Waals surface area contributed by atoms with Crippen LogP contribution in [-0.2, 0) is 0 Å². The zero-order valence-electron chi connectivity index (χ0n) is 14.4. The van der Waals surface area contributed by atoms with Crippen molar-refractivity contribution in [3.05, 3.63) is 91.0 Å². The summed E-state index contributed by atoms with van der Waals surface area (Å²) in [6.45, 7) is 0. The fraction of sp³-hybridized carbons (Fsp3) is 0.100. The molecule has 0 aromatic heterocycles. The Kier molecular flexibility index (Phi) is 5.94. The molecule has 0 fully saturated rings. The molecule has 0 aliphatic carbocycles. The van der Waals surface area contributed by atoms with E-state index in [1.165, 1.54) is 0 Å². The van der Waals surface area contributed by atoms with E-state index < -0.39 is 20.1 Å². The van der Waals surface area contributed by atoms with Gasteiger partial charge in [0.25, 0.3) is 0 Å². The third kappa shape index (κ3) is 5.94. The first-order valence-electron chi connectivity index (χ1n) is 8.33. The number of rotatable bonds is 8. The summed E-state index contributed by atoms with van der Waals surface area (Å²) in [4.78, 5) is 29.4. The van der Waals surface area contributed by atoms with Crippen molar-refractivity contribution in [2.45, 2.75) is 5.97 Å². The Morgan fingerprint density at radius 1 is 0.556 bits per heavy atom. The third-order valence-corrected chi connectivity index (χ3v) is 4.41. The summed E-state index contributed by atoms with van der Waals surface area (Å²) >= 11 is 0. The van der Waals surface area contributed by atoms with Crippen LogP contribution in [0.3, 0.4) is 0 Å². The molecular formula is C20H21O6P. The fourth-order valence-corrected chi connectivity index (χ4v) is 3.26. The number of hydrogen-bond donors (Lipinski definition) is 3. The van der Waals surface area contributed by atoms with Gasteiger partial charge >= 0.3 is 157 Å². The normalized spacial score (nSPS) is 12.3. The molecule has 3 rings (SSSR count). The van der Waals surface area contributed by atoms with E-state index in [-0.39, 0.29) is 0 Å². The molecule has 3 aromatic rings. The Labute approximate surface area is 157 Å². The topological polar surface area (TPSA) is 88.4 Å². The quantitative estimate of drug-likeness (QED) is 0.405. The van der Waals surface area contributed by atoms with E-state index in [2.05, 4.69) is 0 Å². The molecule has 7 heteroatoms. The van der Waals surface area contributed by atoms with Gasteiger partial charge in [-0.05, 0) is 0 Å². The van der Waals surface area contributed by atoms with Crippen molar-refractivity contribution in [3.8, 4) is 17.2 Å². The van der Waals surface area contributed by atoms with Crippen molar-refractivity contribution in [2.24, 2.45) is 0 Å². The molecule has 0 radical (unpaired) electrons. The minimum atomic E-state index is -4.63. The first-order chi connectivity index (χ1) is 12.9. The van der Waals surface area contributed by atoms with E-state index in [4.69, 9.17) is 14.2 Å². The SMILES string of the molecule is O[PH](O)(O)CC(Oc1ccccc1)(Oc1ccccc1)Oc1ccccc1. The van der Waals surface area contributed by atoms with Gasteiger partial charge in [-0.3, -0.25) is 0 Å². The molecule has 0 heterocycles. The zero-order chi connectivity index (χ0) is 19.2. The van der Waals surface area contributed by atoms with Gasteiger partial charge < -0.3 is 0 Å². The van der Waals surface area contributed by atoms with Gasteiger partial charge in [0.1, 0.15) is 0 Å². The molecule has 142 valence electrons. The van der Waals surface area contributed by atoms with Crippen LogP contribution in [0.25, 0.3) is 0 Å². The summed E-state index contributed by atoms with van der Waals surface area (Å²) in [5.74, 6) is -0.859. The van der Waals surface area contributed by atoms with E-state index in [9.17, 15) is 14.7 Å². The summed E-state index contributed by atoms with van der Waals surface area (Å²) in [7, 11) is -4.63. The maximum absolute atomic E-state index is 9.80. The van der Waals surface area contributed by atoms with Crippen LogP contribution in [-0.4, -0.2) is 26.8 Å². The molecule has 0 saturated heterocycles. The molecule has 0 bridgehead atoms. The molecule has 0 aliphatic rings. The van der Waals surface area contributed by atoms with Gasteiger partial charge in [-0.2, -0.15) is 0 Å². The Morgan fingerprint density at radius 2 is 0.852 bits per heavy atom. The molecular weight excluding hydrogens is 367 g/mol. The van der Waals surface area contributed by atoms with Gasteiger partial charge in [-0.25, -0.2) is 0 Å². The summed E-state index contributed by atoms with van der Waals surface area (Å²) < 4.78 is 17.7. The average molecular weight is 388 g/mol. The van der Waals surface area contributed by atoms with Crippen LogP contribution >= 0.6 is 7.94 Å². The molecule has 0 saturated carbocycles. The van der Waals surface area contributed by atoms with Crippen LogP contribution in [0.1, 0.15) is 0 Å². The van der Waals surface area contributed by atoms with Crippen molar-refractivity contribution in [1.29, 1.82) is 0 Å². The van der Waals surface area contributed by atoms with Gasteiger partial charge in [0.15, 0.2) is 0 Å². The van der Waals surface area contributed by atoms with Crippen LogP contribution in [0, 0.1) is 0 Å². The van der Waals surface area contributed by atoms with Crippen LogP contribution in [0.4, 0.5) is 0 Å². The molecule has 0 amide bonds. The van der Waals surface area contributed by atoms with Crippen molar-refractivity contribution in [1.82, 2.24) is 0 Å². The van der Waals surface area contributed by atoms with Crippen LogP contribution in [0.5, 0.6) is 17.2 Å². The van der Waals surface area contributed by atoms with E-state index in [0.717, 1.165) is 0 Å². The summed E-state index contributed by atoms with van der Waals surface area (Å²) in [6, 6.07) is 26.0. The molecule has 0 atom stereocenters. The Hall–Kier alpha value is -2.63. The zero-order valence-corrected chi connectivity index (χ0v) is 15.4. The molecule has 3 N–H and O–H groups in total. The fourth-order valence-electron chi connectivity index (χ4n) is 2.47. The first kappa shape index (κ1) is 19.1. The van der Waals surface area contributed by atoms with Crippen molar-refractivity contribution in [3.63, 3.8) is 0 Å². The molecule has 0 aliphatic heterocycles. The van der Waals surface area contributed by atoms with E-state index >= 15 is 0 Å². The number of para-hydroxylation sites is 3. The second kappa shape index (κ2) is 8.37. The molecule has 27 heavy (non-hydrogen) atoms. The van der Waals surface area contributed by atoms with E-state index in [0.29, 0.717) is 17.2 Å². The molecule has 3 aromatic carbocycles. The van der Waals surface area contributed by atoms with Crippen molar-refractivity contribution >= 4 is 7.94 Å². The van der Waals surface area contributed by atoms with Crippen molar-refractivity contribution < 1.29 is 28.9 Å². The van der Waals surface area contributed by atoms with Crippen molar-refractivity contribution in [2.75, 3.05) is 6.16 Å². The predicted molar refractivity (Wildman–Crippen MR) is 104 cm³/mol. The maximum atomic E-state index is 9.80. The van der Waals surface area contributed by atoms with E-state index in [1.807, 2.05) is 18.2 Å². The second-order valence-corrected chi connectivity index (χ2v) is 7.78. The standard InChI is InChI=1S/C20H21O6P/c21-27(22,23)16-20(24-17-10-4-1-5-11-17,25-18-12-6-2-7-13-18)26-19-14-8-3-9-15-19/h1-15,21-23,27H,16H2. The molecule has 0 unspecified atom stereocenters. The Balaban J connectivity index is 2.01. The van der Waals surface area contributed by atoms with Gasteiger partial charge in [-0.1, -0.05) is 0 Å². The van der Waals surface area contributed by atoms with E-state index in [1.54, 1.807) is 72.8 Å². The van der Waals surface area contributed by atoms with Crippen LogP contribution in [0.15, 0.2) is 91.0 Å². The second-order valence-electron chi connectivity index (χ2n) is 5.88. The number of ether oxygens (including phenoxy) is 3. The van der Waals surface area contributed by atoms with Gasteiger partial charge in [-0.15, -0.1) is 0 Å². The average Bonchev–Trinajstić information content (AvgIpc) is 2.62. The molecule has 6 nitrogen and oxygen atoms in total. The van der Waals surface area contributed by atoms with Gasteiger partial charge in [0, 0.05) is 0 Å². The molecule has 0 spiro atoms. The monoisotopic (exact) mass is 388 g/mol. The van der Waals surface area contributed by atoms with Crippen LogP contribution in [0.2, 0.25) is 0 Å². The summed E-state index contributed by atoms with van der Waals surface area (Å²) in [5.41, 5.74) is 0.